The number of nitrogens with one attached hydrogen (secondary N) is 2. The van der Waals surface area contributed by atoms with E-state index in [0.29, 0.717) is 23.6 Å². The third-order valence-corrected chi connectivity index (χ3v) is 2.60. The molecule has 0 atom stereocenters. The summed E-state index contributed by atoms with van der Waals surface area (Å²) in [5.41, 5.74) is 2.28. The molecular formula is C13H16N4O. The molecule has 0 radical (unpaired) electrons. The Morgan fingerprint density at radius 3 is 2.89 bits per heavy atom. The van der Waals surface area contributed by atoms with Gasteiger partial charge in [-0.1, -0.05) is 6.92 Å². The molecule has 5 heteroatoms. The molecule has 5 nitrogen and oxygen atoms in total. The van der Waals surface area contributed by atoms with E-state index in [0.717, 1.165) is 12.1 Å². The Balaban J connectivity index is 2.31. The number of hydrogen-bond donors (Lipinski definition) is 2. The SMILES string of the molecule is CCNCc1cnc(-c2cc(C)ccn2)[nH]c1=O. The molecule has 94 valence electrons. The molecule has 18 heavy (non-hydrogen) atoms. The second kappa shape index (κ2) is 5.55. The minimum Gasteiger partial charge on any atom is -0.313 e. The highest BCUT2D eigenvalue weighted by molar-refractivity contribution is 5.49. The number of nitrogens with zero attached hydrogens (tertiary/aromatic N) is 2. The van der Waals surface area contributed by atoms with Gasteiger partial charge >= 0.3 is 0 Å². The highest BCUT2D eigenvalue weighted by Gasteiger charge is 2.05. The van der Waals surface area contributed by atoms with Crippen LogP contribution in [0.3, 0.4) is 0 Å². The Kier molecular flexibility index (Phi) is 3.84. The van der Waals surface area contributed by atoms with Gasteiger partial charge in [-0.2, -0.15) is 0 Å². The number of pyridine rings is 1. The lowest BCUT2D eigenvalue weighted by atomic mass is 10.2. The van der Waals surface area contributed by atoms with E-state index in [-0.39, 0.29) is 5.56 Å². The molecule has 0 unspecified atom stereocenters. The van der Waals surface area contributed by atoms with Crippen LogP contribution in [0.5, 0.6) is 0 Å². The fourth-order valence-corrected chi connectivity index (χ4v) is 1.60. The van der Waals surface area contributed by atoms with Crippen molar-refractivity contribution in [3.63, 3.8) is 0 Å². The van der Waals surface area contributed by atoms with Crippen LogP contribution in [0.25, 0.3) is 11.5 Å². The van der Waals surface area contributed by atoms with Crippen molar-refractivity contribution >= 4 is 0 Å². The van der Waals surface area contributed by atoms with E-state index in [2.05, 4.69) is 20.3 Å². The van der Waals surface area contributed by atoms with Crippen LogP contribution >= 0.6 is 0 Å². The van der Waals surface area contributed by atoms with Crippen LogP contribution < -0.4 is 10.9 Å². The van der Waals surface area contributed by atoms with E-state index >= 15 is 0 Å². The van der Waals surface area contributed by atoms with Crippen LogP contribution in [0.4, 0.5) is 0 Å². The highest BCUT2D eigenvalue weighted by Crippen LogP contribution is 2.10. The van der Waals surface area contributed by atoms with Crippen LogP contribution in [0.1, 0.15) is 18.1 Å². The molecule has 2 rings (SSSR count). The third kappa shape index (κ3) is 2.81. The predicted molar refractivity (Wildman–Crippen MR) is 70.2 cm³/mol. The second-order valence-corrected chi connectivity index (χ2v) is 4.08. The molecule has 0 saturated carbocycles. The van der Waals surface area contributed by atoms with Crippen molar-refractivity contribution in [3.05, 3.63) is 46.0 Å². The van der Waals surface area contributed by atoms with Crippen LogP contribution in [-0.2, 0) is 6.54 Å². The molecular weight excluding hydrogens is 228 g/mol. The summed E-state index contributed by atoms with van der Waals surface area (Å²) in [5.74, 6) is 0.504. The summed E-state index contributed by atoms with van der Waals surface area (Å²) in [4.78, 5) is 23.0. The summed E-state index contributed by atoms with van der Waals surface area (Å²) < 4.78 is 0. The average molecular weight is 244 g/mol. The molecule has 0 spiro atoms. The lowest BCUT2D eigenvalue weighted by Gasteiger charge is -2.03. The van der Waals surface area contributed by atoms with Gasteiger partial charge in [0, 0.05) is 24.5 Å². The zero-order valence-electron chi connectivity index (χ0n) is 10.5. The van der Waals surface area contributed by atoms with Crippen molar-refractivity contribution in [1.29, 1.82) is 0 Å². The maximum Gasteiger partial charge on any atom is 0.255 e. The fourth-order valence-electron chi connectivity index (χ4n) is 1.60. The molecule has 0 fully saturated rings. The average Bonchev–Trinajstić information content (AvgIpc) is 2.37. The van der Waals surface area contributed by atoms with Gasteiger partial charge in [-0.25, -0.2) is 4.98 Å². The first kappa shape index (κ1) is 12.4. The van der Waals surface area contributed by atoms with Crippen molar-refractivity contribution < 1.29 is 0 Å². The van der Waals surface area contributed by atoms with Crippen LogP contribution in [0.15, 0.2) is 29.3 Å². The summed E-state index contributed by atoms with van der Waals surface area (Å²) in [6, 6.07) is 3.80. The van der Waals surface area contributed by atoms with Crippen LogP contribution in [0, 0.1) is 6.92 Å². The zero-order chi connectivity index (χ0) is 13.0. The molecule has 0 aromatic carbocycles. The summed E-state index contributed by atoms with van der Waals surface area (Å²) in [6.07, 6.45) is 3.30. The lowest BCUT2D eigenvalue weighted by molar-refractivity contribution is 0.716. The molecule has 0 aliphatic heterocycles. The molecule has 2 aromatic heterocycles. The van der Waals surface area contributed by atoms with Crippen molar-refractivity contribution in [2.45, 2.75) is 20.4 Å². The summed E-state index contributed by atoms with van der Waals surface area (Å²) in [5, 5.41) is 3.10. The molecule has 0 bridgehead atoms. The standard InChI is InChI=1S/C13H16N4O/c1-3-14-7-10-8-16-12(17-13(10)18)11-6-9(2)4-5-15-11/h4-6,8,14H,3,7H2,1-2H3,(H,16,17,18). The number of hydrogen-bond acceptors (Lipinski definition) is 4. The fraction of sp³-hybridized carbons (Fsp3) is 0.308. The maximum atomic E-state index is 11.8. The van der Waals surface area contributed by atoms with Crippen molar-refractivity contribution in [1.82, 2.24) is 20.3 Å². The van der Waals surface area contributed by atoms with Crippen molar-refractivity contribution in [3.8, 4) is 11.5 Å². The molecule has 2 N–H and O–H groups in total. The van der Waals surface area contributed by atoms with Gasteiger partial charge in [-0.05, 0) is 31.2 Å². The minimum absolute atomic E-state index is 0.121. The lowest BCUT2D eigenvalue weighted by Crippen LogP contribution is -2.21. The zero-order valence-corrected chi connectivity index (χ0v) is 10.5. The van der Waals surface area contributed by atoms with Gasteiger partial charge in [0.25, 0.3) is 5.56 Å². The summed E-state index contributed by atoms with van der Waals surface area (Å²) in [7, 11) is 0. The minimum atomic E-state index is -0.121. The first-order valence-electron chi connectivity index (χ1n) is 5.92. The van der Waals surface area contributed by atoms with Crippen LogP contribution in [0.2, 0.25) is 0 Å². The van der Waals surface area contributed by atoms with Gasteiger partial charge < -0.3 is 10.3 Å². The van der Waals surface area contributed by atoms with Gasteiger partial charge in [-0.3, -0.25) is 9.78 Å². The Hall–Kier alpha value is -2.01. The summed E-state index contributed by atoms with van der Waals surface area (Å²) >= 11 is 0. The molecule has 0 aliphatic carbocycles. The van der Waals surface area contributed by atoms with E-state index in [4.69, 9.17) is 0 Å². The second-order valence-electron chi connectivity index (χ2n) is 4.08. The van der Waals surface area contributed by atoms with E-state index in [1.807, 2.05) is 26.0 Å². The van der Waals surface area contributed by atoms with Gasteiger partial charge in [0.15, 0.2) is 5.82 Å². The largest absolute Gasteiger partial charge is 0.313 e. The smallest absolute Gasteiger partial charge is 0.255 e. The Morgan fingerprint density at radius 2 is 2.22 bits per heavy atom. The Labute approximate surface area is 105 Å². The van der Waals surface area contributed by atoms with Gasteiger partial charge in [-0.15, -0.1) is 0 Å². The van der Waals surface area contributed by atoms with E-state index in [1.165, 1.54) is 0 Å². The summed E-state index contributed by atoms with van der Waals surface area (Å²) in [6.45, 7) is 5.32. The molecule has 0 saturated heterocycles. The molecule has 0 amide bonds. The van der Waals surface area contributed by atoms with Crippen molar-refractivity contribution in [2.24, 2.45) is 0 Å². The topological polar surface area (TPSA) is 70.7 Å². The first-order chi connectivity index (χ1) is 8.70. The monoisotopic (exact) mass is 244 g/mol. The number of aromatic nitrogens is 3. The maximum absolute atomic E-state index is 11.8. The normalized spacial score (nSPS) is 10.6. The molecule has 0 aliphatic rings. The number of aromatic amines is 1. The molecule has 2 heterocycles. The van der Waals surface area contributed by atoms with E-state index in [9.17, 15) is 4.79 Å². The molecule has 2 aromatic rings. The number of aryl methyl sites for hydroxylation is 1. The number of H-pyrrole nitrogens is 1. The highest BCUT2D eigenvalue weighted by atomic mass is 16.1. The van der Waals surface area contributed by atoms with Crippen molar-refractivity contribution in [2.75, 3.05) is 6.54 Å². The quantitative estimate of drug-likeness (QED) is 0.849. The van der Waals surface area contributed by atoms with Crippen LogP contribution in [-0.4, -0.2) is 21.5 Å². The third-order valence-electron chi connectivity index (χ3n) is 2.60. The van der Waals surface area contributed by atoms with Gasteiger partial charge in [0.1, 0.15) is 5.69 Å². The Morgan fingerprint density at radius 1 is 1.39 bits per heavy atom. The Bertz CT molecular complexity index is 592. The first-order valence-corrected chi connectivity index (χ1v) is 5.92. The van der Waals surface area contributed by atoms with E-state index < -0.39 is 0 Å². The van der Waals surface area contributed by atoms with Gasteiger partial charge in [0.05, 0.1) is 0 Å². The predicted octanol–water partition coefficient (Wildman–Crippen LogP) is 1.25. The number of rotatable bonds is 4. The van der Waals surface area contributed by atoms with Gasteiger partial charge in [0.2, 0.25) is 0 Å². The van der Waals surface area contributed by atoms with E-state index in [1.54, 1.807) is 12.4 Å².